The van der Waals surface area contributed by atoms with Crippen LogP contribution in [0.4, 0.5) is 5.69 Å². The van der Waals surface area contributed by atoms with Gasteiger partial charge in [0.05, 0.1) is 17.6 Å². The molecular weight excluding hydrogens is 268 g/mol. The summed E-state index contributed by atoms with van der Waals surface area (Å²) in [6, 6.07) is 0. The maximum atomic E-state index is 10.5. The largest absolute Gasteiger partial charge is 0.390 e. The Kier molecular flexibility index (Phi) is 6.82. The van der Waals surface area contributed by atoms with Gasteiger partial charge in [-0.3, -0.25) is 14.8 Å². The van der Waals surface area contributed by atoms with Crippen molar-refractivity contribution in [3.05, 3.63) is 22.5 Å². The van der Waals surface area contributed by atoms with Gasteiger partial charge in [0.15, 0.2) is 0 Å². The van der Waals surface area contributed by atoms with Crippen LogP contribution in [-0.2, 0) is 6.54 Å². The van der Waals surface area contributed by atoms with E-state index in [1.54, 1.807) is 0 Å². The second-order valence-corrected chi connectivity index (χ2v) is 5.65. The van der Waals surface area contributed by atoms with Gasteiger partial charge in [-0.25, -0.2) is 0 Å². The fraction of sp³-hybridized carbons (Fsp3) is 0.727. The highest BCUT2D eigenvalue weighted by Crippen LogP contribution is 2.09. The van der Waals surface area contributed by atoms with Gasteiger partial charge in [0.2, 0.25) is 0 Å². The third-order valence-electron chi connectivity index (χ3n) is 2.74. The molecule has 0 bridgehead atoms. The van der Waals surface area contributed by atoms with Gasteiger partial charge in [-0.05, 0) is 19.2 Å². The number of hydrogen-bond donors (Lipinski definition) is 2. The number of thioether (sulfide) groups is 1. The standard InChI is InChI=1S/C11H20N4O3S/c1-9(19-2)3-4-12-6-11(16)8-14-7-10(5-13-14)15(17)18/h5,7,9,11-12,16H,3-4,6,8H2,1-2H3. The SMILES string of the molecule is CSC(C)CCNCC(O)Cn1cc([N+](=O)[O-])cn1. The first-order chi connectivity index (χ1) is 9.02. The zero-order valence-corrected chi connectivity index (χ0v) is 12.0. The number of nitro groups is 1. The molecule has 0 aliphatic rings. The summed E-state index contributed by atoms with van der Waals surface area (Å²) in [7, 11) is 0. The number of nitrogens with one attached hydrogen (secondary N) is 1. The minimum Gasteiger partial charge on any atom is -0.390 e. The number of aliphatic hydroxyl groups is 1. The molecule has 1 aromatic rings. The molecule has 2 unspecified atom stereocenters. The highest BCUT2D eigenvalue weighted by atomic mass is 32.2. The quantitative estimate of drug-likeness (QED) is 0.398. The van der Waals surface area contributed by atoms with Crippen LogP contribution in [0.2, 0.25) is 0 Å². The average molecular weight is 288 g/mol. The highest BCUT2D eigenvalue weighted by Gasteiger charge is 2.11. The summed E-state index contributed by atoms with van der Waals surface area (Å²) in [6.07, 6.45) is 5.01. The zero-order chi connectivity index (χ0) is 14.3. The van der Waals surface area contributed by atoms with Gasteiger partial charge >= 0.3 is 5.69 Å². The van der Waals surface area contributed by atoms with Gasteiger partial charge in [-0.1, -0.05) is 6.92 Å². The van der Waals surface area contributed by atoms with Crippen LogP contribution in [0.1, 0.15) is 13.3 Å². The molecule has 0 aliphatic carbocycles. The number of rotatable bonds is 9. The Labute approximate surface area is 116 Å². The van der Waals surface area contributed by atoms with E-state index in [4.69, 9.17) is 0 Å². The molecule has 7 nitrogen and oxygen atoms in total. The Hall–Kier alpha value is -1.12. The monoisotopic (exact) mass is 288 g/mol. The lowest BCUT2D eigenvalue weighted by Gasteiger charge is -2.13. The molecular formula is C11H20N4O3S. The van der Waals surface area contributed by atoms with E-state index in [2.05, 4.69) is 23.6 Å². The van der Waals surface area contributed by atoms with Gasteiger partial charge in [0.25, 0.3) is 0 Å². The summed E-state index contributed by atoms with van der Waals surface area (Å²) in [4.78, 5) is 9.98. The fourth-order valence-corrected chi connectivity index (χ4v) is 1.87. The number of nitrogens with zero attached hydrogens (tertiary/aromatic N) is 3. The zero-order valence-electron chi connectivity index (χ0n) is 11.2. The molecule has 0 saturated heterocycles. The summed E-state index contributed by atoms with van der Waals surface area (Å²) < 4.78 is 1.38. The van der Waals surface area contributed by atoms with Crippen LogP contribution in [0, 0.1) is 10.1 Å². The van der Waals surface area contributed by atoms with Crippen LogP contribution in [0.25, 0.3) is 0 Å². The topological polar surface area (TPSA) is 93.2 Å². The van der Waals surface area contributed by atoms with E-state index >= 15 is 0 Å². The third kappa shape index (κ3) is 6.04. The molecule has 0 amide bonds. The molecule has 1 rings (SSSR count). The molecule has 0 fully saturated rings. The van der Waals surface area contributed by atoms with Crippen molar-refractivity contribution in [2.45, 2.75) is 31.2 Å². The van der Waals surface area contributed by atoms with Gasteiger partial charge < -0.3 is 10.4 Å². The van der Waals surface area contributed by atoms with Crippen LogP contribution in [-0.4, -0.2) is 50.5 Å². The molecule has 1 heterocycles. The van der Waals surface area contributed by atoms with Gasteiger partial charge in [-0.15, -0.1) is 0 Å². The Morgan fingerprint density at radius 1 is 1.68 bits per heavy atom. The van der Waals surface area contributed by atoms with Crippen molar-refractivity contribution >= 4 is 17.4 Å². The molecule has 108 valence electrons. The Balaban J connectivity index is 2.23. The minimum absolute atomic E-state index is 0.0612. The molecule has 2 atom stereocenters. The molecule has 0 aromatic carbocycles. The molecule has 19 heavy (non-hydrogen) atoms. The van der Waals surface area contributed by atoms with Crippen LogP contribution in [0.15, 0.2) is 12.4 Å². The number of aromatic nitrogens is 2. The second kappa shape index (κ2) is 8.13. The van der Waals surface area contributed by atoms with Crippen molar-refractivity contribution in [1.29, 1.82) is 0 Å². The average Bonchev–Trinajstić information content (AvgIpc) is 2.83. The molecule has 2 N–H and O–H groups in total. The van der Waals surface area contributed by atoms with E-state index in [9.17, 15) is 15.2 Å². The molecule has 0 radical (unpaired) electrons. The van der Waals surface area contributed by atoms with Crippen molar-refractivity contribution < 1.29 is 10.0 Å². The van der Waals surface area contributed by atoms with Crippen molar-refractivity contribution in [2.24, 2.45) is 0 Å². The lowest BCUT2D eigenvalue weighted by Crippen LogP contribution is -2.31. The van der Waals surface area contributed by atoms with Crippen molar-refractivity contribution in [3.63, 3.8) is 0 Å². The summed E-state index contributed by atoms with van der Waals surface area (Å²) in [6.45, 7) is 3.71. The van der Waals surface area contributed by atoms with Crippen molar-refractivity contribution in [3.8, 4) is 0 Å². The van der Waals surface area contributed by atoms with Crippen molar-refractivity contribution in [2.75, 3.05) is 19.3 Å². The van der Waals surface area contributed by atoms with E-state index < -0.39 is 11.0 Å². The maximum Gasteiger partial charge on any atom is 0.306 e. The normalized spacial score (nSPS) is 14.3. The van der Waals surface area contributed by atoms with E-state index in [1.165, 1.54) is 17.1 Å². The van der Waals surface area contributed by atoms with Crippen LogP contribution in [0.3, 0.4) is 0 Å². The first-order valence-corrected chi connectivity index (χ1v) is 7.40. The first-order valence-electron chi connectivity index (χ1n) is 6.11. The molecule has 0 saturated carbocycles. The van der Waals surface area contributed by atoms with Gasteiger partial charge in [0.1, 0.15) is 12.4 Å². The Morgan fingerprint density at radius 3 is 3.00 bits per heavy atom. The summed E-state index contributed by atoms with van der Waals surface area (Å²) >= 11 is 1.81. The molecule has 0 aliphatic heterocycles. The lowest BCUT2D eigenvalue weighted by molar-refractivity contribution is -0.385. The number of hydrogen-bond acceptors (Lipinski definition) is 6. The highest BCUT2D eigenvalue weighted by molar-refractivity contribution is 7.99. The van der Waals surface area contributed by atoms with E-state index in [0.717, 1.165) is 13.0 Å². The Bertz CT molecular complexity index is 399. The van der Waals surface area contributed by atoms with Gasteiger partial charge in [0, 0.05) is 11.8 Å². The summed E-state index contributed by atoms with van der Waals surface area (Å²) in [5.74, 6) is 0. The molecule has 8 heteroatoms. The number of aliphatic hydroxyl groups excluding tert-OH is 1. The van der Waals surface area contributed by atoms with Gasteiger partial charge in [-0.2, -0.15) is 16.9 Å². The summed E-state index contributed by atoms with van der Waals surface area (Å²) in [5.41, 5.74) is -0.0612. The van der Waals surface area contributed by atoms with Crippen LogP contribution in [0.5, 0.6) is 0 Å². The summed E-state index contributed by atoms with van der Waals surface area (Å²) in [5, 5.41) is 27.8. The lowest BCUT2D eigenvalue weighted by atomic mass is 10.3. The van der Waals surface area contributed by atoms with E-state index in [-0.39, 0.29) is 12.2 Å². The van der Waals surface area contributed by atoms with E-state index in [0.29, 0.717) is 11.8 Å². The smallest absolute Gasteiger partial charge is 0.306 e. The first kappa shape index (κ1) is 15.9. The van der Waals surface area contributed by atoms with Crippen LogP contribution < -0.4 is 5.32 Å². The third-order valence-corrected chi connectivity index (χ3v) is 3.78. The minimum atomic E-state index is -0.607. The fourth-order valence-electron chi connectivity index (χ4n) is 1.52. The second-order valence-electron chi connectivity index (χ2n) is 4.37. The molecule has 0 spiro atoms. The predicted molar refractivity (Wildman–Crippen MR) is 75.4 cm³/mol. The molecule has 1 aromatic heterocycles. The van der Waals surface area contributed by atoms with E-state index in [1.807, 2.05) is 11.8 Å². The maximum absolute atomic E-state index is 10.5. The van der Waals surface area contributed by atoms with Crippen molar-refractivity contribution in [1.82, 2.24) is 15.1 Å². The van der Waals surface area contributed by atoms with Crippen LogP contribution >= 0.6 is 11.8 Å². The Morgan fingerprint density at radius 2 is 2.42 bits per heavy atom. The predicted octanol–water partition coefficient (Wildman–Crippen LogP) is 0.883.